The van der Waals surface area contributed by atoms with Crippen LogP contribution >= 0.6 is 28.1 Å². The van der Waals surface area contributed by atoms with Crippen molar-refractivity contribution in [2.24, 2.45) is 0 Å². The van der Waals surface area contributed by atoms with Crippen LogP contribution in [0.25, 0.3) is 0 Å². The van der Waals surface area contributed by atoms with Crippen LogP contribution in [0.2, 0.25) is 0 Å². The van der Waals surface area contributed by atoms with Gasteiger partial charge in [0, 0.05) is 10.0 Å². The third-order valence-electron chi connectivity index (χ3n) is 4.49. The summed E-state index contributed by atoms with van der Waals surface area (Å²) in [4.78, 5) is 39.3. The third-order valence-corrected chi connectivity index (χ3v) is 5.38. The predicted octanol–water partition coefficient (Wildman–Crippen LogP) is 1.85. The van der Waals surface area contributed by atoms with Crippen molar-refractivity contribution < 1.29 is 28.6 Å². The van der Waals surface area contributed by atoms with E-state index in [2.05, 4.69) is 21.2 Å². The van der Waals surface area contributed by atoms with Gasteiger partial charge in [0.1, 0.15) is 6.61 Å². The first-order chi connectivity index (χ1) is 12.6. The number of nitrogens with zero attached hydrogens (tertiary/aromatic N) is 1. The summed E-state index contributed by atoms with van der Waals surface area (Å²) in [5, 5.41) is 2.56. The van der Waals surface area contributed by atoms with E-state index in [0.717, 1.165) is 4.90 Å². The van der Waals surface area contributed by atoms with Crippen LogP contribution in [0, 0.1) is 0 Å². The van der Waals surface area contributed by atoms with Crippen molar-refractivity contribution in [3.63, 3.8) is 0 Å². The lowest BCUT2D eigenvalue weighted by Crippen LogP contribution is -2.60. The van der Waals surface area contributed by atoms with Crippen molar-refractivity contribution in [1.82, 2.24) is 10.2 Å². The quantitative estimate of drug-likeness (QED) is 0.543. The van der Waals surface area contributed by atoms with Gasteiger partial charge in [0.05, 0.1) is 12.6 Å². The van der Waals surface area contributed by atoms with E-state index in [1.165, 1.54) is 7.11 Å². The number of carbonyl (C=O) groups excluding carboxylic acids is 3. The predicted molar refractivity (Wildman–Crippen MR) is 101 cm³/mol. The van der Waals surface area contributed by atoms with Crippen LogP contribution in [0.1, 0.15) is 19.4 Å². The van der Waals surface area contributed by atoms with Gasteiger partial charge in [0.15, 0.2) is 6.04 Å². The number of methoxy groups -OCH3 is 1. The molecule has 0 bridgehead atoms. The maximum atomic E-state index is 13.3. The number of imide groups is 1. The average Bonchev–Trinajstić information content (AvgIpc) is 3.11. The Hall–Kier alpha value is -2.20. The summed E-state index contributed by atoms with van der Waals surface area (Å²) < 4.78 is 16.2. The molecular weight excluding hydrogens is 440 g/mol. The zero-order valence-electron chi connectivity index (χ0n) is 14.8. The molecule has 0 saturated carbocycles. The first-order valence-corrected chi connectivity index (χ1v) is 9.19. The largest absolute Gasteiger partial charge is 0.466 e. The van der Waals surface area contributed by atoms with E-state index in [4.69, 9.17) is 26.4 Å². The molecule has 2 saturated heterocycles. The number of hydrogen-bond donors (Lipinski definition) is 1. The van der Waals surface area contributed by atoms with Gasteiger partial charge >= 0.3 is 12.1 Å². The zero-order valence-corrected chi connectivity index (χ0v) is 17.2. The van der Waals surface area contributed by atoms with Crippen LogP contribution in [0.3, 0.4) is 0 Å². The molecule has 1 aromatic carbocycles. The maximum Gasteiger partial charge on any atom is 0.417 e. The van der Waals surface area contributed by atoms with E-state index < -0.39 is 35.2 Å². The fraction of sp³-hybridized carbons (Fsp3) is 0.412. The molecule has 8 nitrogen and oxygen atoms in total. The Morgan fingerprint density at radius 3 is 2.59 bits per heavy atom. The second-order valence-electron chi connectivity index (χ2n) is 6.71. The molecule has 2 aliphatic heterocycles. The second kappa shape index (κ2) is 6.75. The summed E-state index contributed by atoms with van der Waals surface area (Å²) >= 11 is 8.47. The smallest absolute Gasteiger partial charge is 0.417 e. The molecule has 2 amide bonds. The van der Waals surface area contributed by atoms with Crippen LogP contribution in [0.4, 0.5) is 4.79 Å². The fourth-order valence-electron chi connectivity index (χ4n) is 3.22. The van der Waals surface area contributed by atoms with Gasteiger partial charge < -0.3 is 19.5 Å². The average molecular weight is 457 g/mol. The van der Waals surface area contributed by atoms with E-state index in [1.54, 1.807) is 38.1 Å². The Morgan fingerprint density at radius 2 is 2.04 bits per heavy atom. The second-order valence-corrected chi connectivity index (χ2v) is 7.94. The van der Waals surface area contributed by atoms with Crippen LogP contribution in [0.15, 0.2) is 28.7 Å². The van der Waals surface area contributed by atoms with Gasteiger partial charge in [-0.1, -0.05) is 34.1 Å². The highest BCUT2D eigenvalue weighted by Crippen LogP contribution is 2.41. The van der Waals surface area contributed by atoms with Crippen molar-refractivity contribution >= 4 is 51.3 Å². The van der Waals surface area contributed by atoms with Gasteiger partial charge in [0.25, 0.3) is 16.7 Å². The standard InChI is InChI=1S/C17H17BrN2O6S/c1-16(2)8-25-15(23)20(16)12(21)11-17(13(22)24-3,26-14(27)19-11)9-6-4-5-7-10(9)18/h4-7,11H,8H2,1-3H3,(H,19,27)/t11-,17-/m1/s1. The topological polar surface area (TPSA) is 94.2 Å². The van der Waals surface area contributed by atoms with Gasteiger partial charge in [-0.15, -0.1) is 0 Å². The van der Waals surface area contributed by atoms with Crippen molar-refractivity contribution in [3.8, 4) is 0 Å². The maximum absolute atomic E-state index is 13.3. The summed E-state index contributed by atoms with van der Waals surface area (Å²) in [7, 11) is 1.18. The number of ether oxygens (including phenoxy) is 3. The highest BCUT2D eigenvalue weighted by atomic mass is 79.9. The van der Waals surface area contributed by atoms with Gasteiger partial charge in [0.2, 0.25) is 0 Å². The molecule has 0 spiro atoms. The summed E-state index contributed by atoms with van der Waals surface area (Å²) in [6.07, 6.45) is -0.796. The SMILES string of the molecule is COC(=O)[C@]1(c2ccccc2Br)OC(=S)N[C@@H]1C(=O)N1C(=O)OCC1(C)C. The molecule has 10 heteroatoms. The summed E-state index contributed by atoms with van der Waals surface area (Å²) in [6, 6.07) is 5.42. The lowest BCUT2D eigenvalue weighted by atomic mass is 9.85. The van der Waals surface area contributed by atoms with Gasteiger partial charge in [-0.05, 0) is 32.1 Å². The summed E-state index contributed by atoms with van der Waals surface area (Å²) in [5.41, 5.74) is -2.45. The number of esters is 1. The molecule has 2 heterocycles. The summed E-state index contributed by atoms with van der Waals surface area (Å²) in [6.45, 7) is 3.40. The van der Waals surface area contributed by atoms with Crippen LogP contribution in [-0.2, 0) is 29.4 Å². The van der Waals surface area contributed by atoms with Crippen molar-refractivity contribution in [3.05, 3.63) is 34.3 Å². The molecule has 0 aliphatic carbocycles. The first kappa shape index (κ1) is 19.6. The number of hydrogen-bond acceptors (Lipinski definition) is 7. The minimum Gasteiger partial charge on any atom is -0.466 e. The summed E-state index contributed by atoms with van der Waals surface area (Å²) in [5.74, 6) is -1.53. The van der Waals surface area contributed by atoms with E-state index in [0.29, 0.717) is 10.0 Å². The Kier molecular flexibility index (Phi) is 4.89. The van der Waals surface area contributed by atoms with Gasteiger partial charge in [-0.3, -0.25) is 4.79 Å². The van der Waals surface area contributed by atoms with Crippen LogP contribution < -0.4 is 5.32 Å². The number of amides is 2. The molecule has 1 aromatic rings. The third kappa shape index (κ3) is 2.96. The zero-order chi connectivity index (χ0) is 20.0. The van der Waals surface area contributed by atoms with Gasteiger partial charge in [-0.2, -0.15) is 0 Å². The number of rotatable bonds is 3. The lowest BCUT2D eigenvalue weighted by molar-refractivity contribution is -0.165. The molecule has 2 aliphatic rings. The number of cyclic esters (lactones) is 1. The Labute approximate surface area is 169 Å². The highest BCUT2D eigenvalue weighted by Gasteiger charge is 2.63. The first-order valence-electron chi connectivity index (χ1n) is 7.99. The molecule has 3 rings (SSSR count). The number of halogens is 1. The Morgan fingerprint density at radius 1 is 1.37 bits per heavy atom. The monoisotopic (exact) mass is 456 g/mol. The molecule has 0 radical (unpaired) electrons. The minimum absolute atomic E-state index is 0.0376. The van der Waals surface area contributed by atoms with Crippen molar-refractivity contribution in [2.75, 3.05) is 13.7 Å². The molecule has 2 atom stereocenters. The van der Waals surface area contributed by atoms with E-state index in [-0.39, 0.29) is 11.8 Å². The molecule has 1 N–H and O–H groups in total. The Balaban J connectivity index is 2.16. The Bertz CT molecular complexity index is 844. The molecular formula is C17H17BrN2O6S. The van der Waals surface area contributed by atoms with Crippen molar-refractivity contribution in [2.45, 2.75) is 31.0 Å². The van der Waals surface area contributed by atoms with Crippen molar-refractivity contribution in [1.29, 1.82) is 0 Å². The number of nitrogens with one attached hydrogen (secondary N) is 1. The minimum atomic E-state index is -1.90. The highest BCUT2D eigenvalue weighted by molar-refractivity contribution is 9.10. The van der Waals surface area contributed by atoms with Crippen LogP contribution in [0.5, 0.6) is 0 Å². The van der Waals surface area contributed by atoms with E-state index in [9.17, 15) is 14.4 Å². The van der Waals surface area contributed by atoms with E-state index in [1.807, 2.05) is 0 Å². The van der Waals surface area contributed by atoms with Gasteiger partial charge in [-0.25, -0.2) is 14.5 Å². The molecule has 0 aromatic heterocycles. The number of carbonyl (C=O) groups is 3. The fourth-order valence-corrected chi connectivity index (χ4v) is 4.04. The number of thiocarbonyl (C=S) groups is 1. The molecule has 2 fully saturated rings. The van der Waals surface area contributed by atoms with E-state index >= 15 is 0 Å². The molecule has 0 unspecified atom stereocenters. The lowest BCUT2D eigenvalue weighted by Gasteiger charge is -2.34. The van der Waals surface area contributed by atoms with Crippen LogP contribution in [-0.4, -0.2) is 53.3 Å². The normalized spacial score (nSPS) is 26.2. The molecule has 144 valence electrons. The molecule has 27 heavy (non-hydrogen) atoms. The number of benzene rings is 1.